The second kappa shape index (κ2) is 9.16. The van der Waals surface area contributed by atoms with E-state index in [0.29, 0.717) is 5.41 Å². The highest BCUT2D eigenvalue weighted by atomic mass is 32.2. The lowest BCUT2D eigenvalue weighted by molar-refractivity contribution is 0.129. The van der Waals surface area contributed by atoms with E-state index >= 15 is 0 Å². The van der Waals surface area contributed by atoms with E-state index in [1.807, 2.05) is 0 Å². The van der Waals surface area contributed by atoms with E-state index in [4.69, 9.17) is 9.73 Å². The maximum atomic E-state index is 5.54. The summed E-state index contributed by atoms with van der Waals surface area (Å²) < 4.78 is 5.54. The molecule has 0 amide bonds. The zero-order valence-electron chi connectivity index (χ0n) is 15.4. The van der Waals surface area contributed by atoms with Crippen molar-refractivity contribution in [1.82, 2.24) is 10.2 Å². The van der Waals surface area contributed by atoms with Gasteiger partial charge < -0.3 is 15.0 Å². The molecule has 1 aliphatic carbocycles. The molecule has 1 unspecified atom stereocenters. The number of ether oxygens (including phenoxy) is 1. The number of thioether (sulfide) groups is 1. The number of hydrogen-bond acceptors (Lipinski definition) is 3. The SMILES string of the molecule is CCNC(=NCC1(CCOCC)CC1)N1CCSC(C(C)C)C1. The van der Waals surface area contributed by atoms with E-state index in [9.17, 15) is 0 Å². The van der Waals surface area contributed by atoms with Crippen molar-refractivity contribution in [2.24, 2.45) is 16.3 Å². The molecule has 2 fully saturated rings. The number of nitrogens with zero attached hydrogens (tertiary/aromatic N) is 2. The van der Waals surface area contributed by atoms with Crippen molar-refractivity contribution in [3.8, 4) is 0 Å². The third-order valence-electron chi connectivity index (χ3n) is 4.97. The van der Waals surface area contributed by atoms with E-state index in [0.717, 1.165) is 62.9 Å². The molecule has 4 nitrogen and oxygen atoms in total. The summed E-state index contributed by atoms with van der Waals surface area (Å²) in [7, 11) is 0. The normalized spacial score (nSPS) is 24.1. The quantitative estimate of drug-likeness (QED) is 0.418. The van der Waals surface area contributed by atoms with Gasteiger partial charge in [-0.1, -0.05) is 13.8 Å². The van der Waals surface area contributed by atoms with Crippen molar-refractivity contribution < 1.29 is 4.74 Å². The van der Waals surface area contributed by atoms with Crippen LogP contribution in [0.1, 0.15) is 47.0 Å². The largest absolute Gasteiger partial charge is 0.382 e. The predicted octanol–water partition coefficient (Wildman–Crippen LogP) is 3.23. The fraction of sp³-hybridized carbons (Fsp3) is 0.944. The molecule has 0 aromatic carbocycles. The number of aliphatic imine (C=N–C) groups is 1. The lowest BCUT2D eigenvalue weighted by Crippen LogP contribution is -2.49. The van der Waals surface area contributed by atoms with Gasteiger partial charge in [-0.15, -0.1) is 0 Å². The predicted molar refractivity (Wildman–Crippen MR) is 101 cm³/mol. The summed E-state index contributed by atoms with van der Waals surface area (Å²) in [4.78, 5) is 7.49. The highest BCUT2D eigenvalue weighted by Gasteiger charge is 2.42. The van der Waals surface area contributed by atoms with Crippen LogP contribution in [0.5, 0.6) is 0 Å². The number of rotatable bonds is 8. The summed E-state index contributed by atoms with van der Waals surface area (Å²) in [6, 6.07) is 0. The third kappa shape index (κ3) is 5.86. The number of hydrogen-bond donors (Lipinski definition) is 1. The lowest BCUT2D eigenvalue weighted by Gasteiger charge is -2.36. The van der Waals surface area contributed by atoms with Crippen LogP contribution in [0.3, 0.4) is 0 Å². The highest BCUT2D eigenvalue weighted by Crippen LogP contribution is 2.49. The Morgan fingerprint density at radius 2 is 2.17 bits per heavy atom. The van der Waals surface area contributed by atoms with Crippen molar-refractivity contribution in [3.63, 3.8) is 0 Å². The fourth-order valence-electron chi connectivity index (χ4n) is 3.04. The molecule has 0 aromatic heterocycles. The van der Waals surface area contributed by atoms with E-state index < -0.39 is 0 Å². The van der Waals surface area contributed by atoms with Gasteiger partial charge in [0.1, 0.15) is 0 Å². The molecular formula is C18H35N3OS. The van der Waals surface area contributed by atoms with Crippen molar-refractivity contribution in [3.05, 3.63) is 0 Å². The van der Waals surface area contributed by atoms with Crippen LogP contribution < -0.4 is 5.32 Å². The summed E-state index contributed by atoms with van der Waals surface area (Å²) in [5, 5.41) is 4.24. The molecule has 0 radical (unpaired) electrons. The van der Waals surface area contributed by atoms with Gasteiger partial charge in [0.15, 0.2) is 5.96 Å². The van der Waals surface area contributed by atoms with Gasteiger partial charge in [0.05, 0.1) is 0 Å². The molecular weight excluding hydrogens is 306 g/mol. The zero-order chi connectivity index (χ0) is 16.7. The molecule has 1 heterocycles. The van der Waals surface area contributed by atoms with Gasteiger partial charge in [-0.2, -0.15) is 11.8 Å². The Balaban J connectivity index is 1.92. The third-order valence-corrected chi connectivity index (χ3v) is 6.51. The smallest absolute Gasteiger partial charge is 0.193 e. The zero-order valence-corrected chi connectivity index (χ0v) is 16.3. The molecule has 1 N–H and O–H groups in total. The van der Waals surface area contributed by atoms with Crippen LogP contribution >= 0.6 is 11.8 Å². The molecule has 134 valence electrons. The Bertz CT molecular complexity index is 382. The summed E-state index contributed by atoms with van der Waals surface area (Å²) in [5.41, 5.74) is 0.428. The van der Waals surface area contributed by atoms with Gasteiger partial charge >= 0.3 is 0 Å². The first-order valence-corrected chi connectivity index (χ1v) is 10.4. The molecule has 5 heteroatoms. The van der Waals surface area contributed by atoms with Crippen LogP contribution in [-0.4, -0.2) is 61.3 Å². The van der Waals surface area contributed by atoms with E-state index in [1.165, 1.54) is 18.6 Å². The number of guanidine groups is 1. The minimum Gasteiger partial charge on any atom is -0.382 e. The van der Waals surface area contributed by atoms with Gasteiger partial charge in [0.2, 0.25) is 0 Å². The van der Waals surface area contributed by atoms with E-state index in [2.05, 4.69) is 49.7 Å². The standard InChI is InChI=1S/C18H35N3OS/c1-5-19-17(21-10-12-23-16(13-21)15(3)4)20-14-18(7-8-18)9-11-22-6-2/h15-16H,5-14H2,1-4H3,(H,19,20). The summed E-state index contributed by atoms with van der Waals surface area (Å²) >= 11 is 2.12. The topological polar surface area (TPSA) is 36.9 Å². The van der Waals surface area contributed by atoms with Gasteiger partial charge in [0, 0.05) is 50.4 Å². The molecule has 1 saturated carbocycles. The molecule has 2 aliphatic rings. The first kappa shape index (κ1) is 18.9. The second-order valence-corrected chi connectivity index (χ2v) is 8.56. The van der Waals surface area contributed by atoms with Crippen LogP contribution in [0.2, 0.25) is 0 Å². The molecule has 0 spiro atoms. The van der Waals surface area contributed by atoms with Gasteiger partial charge in [-0.25, -0.2) is 0 Å². The minimum atomic E-state index is 0.428. The molecule has 1 saturated heterocycles. The Morgan fingerprint density at radius 3 is 2.78 bits per heavy atom. The summed E-state index contributed by atoms with van der Waals surface area (Å²) in [6.07, 6.45) is 3.79. The Hall–Kier alpha value is -0.420. The van der Waals surface area contributed by atoms with Gasteiger partial charge in [-0.3, -0.25) is 4.99 Å². The van der Waals surface area contributed by atoms with Crippen LogP contribution in [0, 0.1) is 11.3 Å². The average molecular weight is 342 g/mol. The maximum Gasteiger partial charge on any atom is 0.193 e. The lowest BCUT2D eigenvalue weighted by atomic mass is 10.0. The molecule has 1 atom stereocenters. The molecule has 1 aliphatic heterocycles. The maximum absolute atomic E-state index is 5.54. The number of nitrogens with one attached hydrogen (secondary N) is 1. The average Bonchev–Trinajstić information content (AvgIpc) is 3.32. The Morgan fingerprint density at radius 1 is 1.39 bits per heavy atom. The van der Waals surface area contributed by atoms with Crippen LogP contribution in [0.15, 0.2) is 4.99 Å². The molecule has 23 heavy (non-hydrogen) atoms. The second-order valence-electron chi connectivity index (χ2n) is 7.22. The van der Waals surface area contributed by atoms with Gasteiger partial charge in [0.25, 0.3) is 0 Å². The summed E-state index contributed by atoms with van der Waals surface area (Å²) in [6.45, 7) is 14.8. The monoisotopic (exact) mass is 341 g/mol. The van der Waals surface area contributed by atoms with Gasteiger partial charge in [-0.05, 0) is 44.4 Å². The van der Waals surface area contributed by atoms with Crippen molar-refractivity contribution in [2.45, 2.75) is 52.2 Å². The minimum absolute atomic E-state index is 0.428. The summed E-state index contributed by atoms with van der Waals surface area (Å²) in [5.74, 6) is 3.07. The first-order chi connectivity index (χ1) is 11.1. The molecule has 0 aromatic rings. The fourth-order valence-corrected chi connectivity index (χ4v) is 4.34. The Labute approximate surface area is 146 Å². The van der Waals surface area contributed by atoms with Crippen LogP contribution in [-0.2, 0) is 4.74 Å². The highest BCUT2D eigenvalue weighted by molar-refractivity contribution is 8.00. The van der Waals surface area contributed by atoms with Crippen molar-refractivity contribution in [2.75, 3.05) is 45.1 Å². The molecule has 0 bridgehead atoms. The van der Waals surface area contributed by atoms with E-state index in [1.54, 1.807) is 0 Å². The van der Waals surface area contributed by atoms with Crippen LogP contribution in [0.25, 0.3) is 0 Å². The Kier molecular flexibility index (Phi) is 7.54. The first-order valence-electron chi connectivity index (χ1n) is 9.33. The van der Waals surface area contributed by atoms with Crippen molar-refractivity contribution in [1.29, 1.82) is 0 Å². The van der Waals surface area contributed by atoms with Crippen LogP contribution in [0.4, 0.5) is 0 Å². The van der Waals surface area contributed by atoms with Crippen molar-refractivity contribution >= 4 is 17.7 Å². The molecule has 2 rings (SSSR count). The van der Waals surface area contributed by atoms with E-state index in [-0.39, 0.29) is 0 Å².